The predicted molar refractivity (Wildman–Crippen MR) is 54.1 cm³/mol. The van der Waals surface area contributed by atoms with E-state index in [1.807, 2.05) is 6.92 Å². The van der Waals surface area contributed by atoms with E-state index in [0.29, 0.717) is 0 Å². The lowest BCUT2D eigenvalue weighted by atomic mass is 10.00. The molecule has 0 radical (unpaired) electrons. The molecule has 0 aliphatic heterocycles. The van der Waals surface area contributed by atoms with Crippen molar-refractivity contribution < 1.29 is 19.1 Å². The number of carbonyl (C=O) groups is 2. The van der Waals surface area contributed by atoms with Gasteiger partial charge in [-0.25, -0.2) is 0 Å². The molecule has 1 aliphatic carbocycles. The fraction of sp³-hybridized carbons (Fsp3) is 0.818. The van der Waals surface area contributed by atoms with Crippen molar-refractivity contribution >= 4 is 11.9 Å². The summed E-state index contributed by atoms with van der Waals surface area (Å²) in [6.45, 7) is 4.66. The summed E-state index contributed by atoms with van der Waals surface area (Å²) in [5.41, 5.74) is 0. The smallest absolute Gasteiger partial charge is 0.302 e. The first-order valence-corrected chi connectivity index (χ1v) is 5.35. The van der Waals surface area contributed by atoms with Crippen LogP contribution in [-0.4, -0.2) is 24.1 Å². The van der Waals surface area contributed by atoms with Gasteiger partial charge in [-0.2, -0.15) is 0 Å². The molecule has 0 aromatic carbocycles. The molecule has 0 bridgehead atoms. The Morgan fingerprint density at radius 1 is 1.20 bits per heavy atom. The summed E-state index contributed by atoms with van der Waals surface area (Å²) in [6, 6.07) is 0. The third kappa shape index (κ3) is 3.53. The minimum absolute atomic E-state index is 0.0863. The highest BCUT2D eigenvalue weighted by atomic mass is 16.6. The SMILES string of the molecule is CC(=O)O[C@@H](C)[C@H]1CCC[C@@H]1OC(C)=O. The highest BCUT2D eigenvalue weighted by Gasteiger charge is 2.35. The second-order valence-electron chi connectivity index (χ2n) is 4.06. The standard InChI is InChI=1S/C11H18O4/c1-7(14-8(2)12)10-5-4-6-11(10)15-9(3)13/h7,10-11H,4-6H2,1-3H3/t7-,10+,11-/m0/s1. The molecule has 3 atom stereocenters. The highest BCUT2D eigenvalue weighted by Crippen LogP contribution is 2.32. The Kier molecular flexibility index (Phi) is 4.12. The van der Waals surface area contributed by atoms with Crippen LogP contribution in [0.15, 0.2) is 0 Å². The number of ether oxygens (including phenoxy) is 2. The van der Waals surface area contributed by atoms with E-state index in [-0.39, 0.29) is 30.1 Å². The third-order valence-electron chi connectivity index (χ3n) is 2.78. The summed E-state index contributed by atoms with van der Waals surface area (Å²) >= 11 is 0. The lowest BCUT2D eigenvalue weighted by molar-refractivity contribution is -0.156. The second-order valence-corrected chi connectivity index (χ2v) is 4.06. The Bertz CT molecular complexity index is 249. The van der Waals surface area contributed by atoms with E-state index in [0.717, 1.165) is 19.3 Å². The molecule has 0 amide bonds. The molecule has 0 spiro atoms. The molecular formula is C11H18O4. The Balaban J connectivity index is 2.51. The average molecular weight is 214 g/mol. The van der Waals surface area contributed by atoms with Crippen LogP contribution < -0.4 is 0 Å². The summed E-state index contributed by atoms with van der Waals surface area (Å²) < 4.78 is 10.3. The van der Waals surface area contributed by atoms with Gasteiger partial charge in [0.2, 0.25) is 0 Å². The van der Waals surface area contributed by atoms with Crippen LogP contribution in [0.2, 0.25) is 0 Å². The normalized spacial score (nSPS) is 27.1. The molecule has 4 nitrogen and oxygen atoms in total. The molecule has 1 saturated carbocycles. The van der Waals surface area contributed by atoms with Crippen molar-refractivity contribution in [3.05, 3.63) is 0 Å². The second kappa shape index (κ2) is 5.14. The van der Waals surface area contributed by atoms with Crippen molar-refractivity contribution in [3.63, 3.8) is 0 Å². The van der Waals surface area contributed by atoms with E-state index in [1.165, 1.54) is 13.8 Å². The quantitative estimate of drug-likeness (QED) is 0.670. The zero-order valence-corrected chi connectivity index (χ0v) is 9.49. The van der Waals surface area contributed by atoms with E-state index in [2.05, 4.69) is 0 Å². The Morgan fingerprint density at radius 2 is 1.87 bits per heavy atom. The summed E-state index contributed by atoms with van der Waals surface area (Å²) in [5, 5.41) is 0. The predicted octanol–water partition coefficient (Wildman–Crippen LogP) is 1.67. The first kappa shape index (κ1) is 12.0. The van der Waals surface area contributed by atoms with Gasteiger partial charge in [-0.1, -0.05) is 0 Å². The fourth-order valence-corrected chi connectivity index (χ4v) is 2.20. The maximum Gasteiger partial charge on any atom is 0.302 e. The number of hydrogen-bond donors (Lipinski definition) is 0. The summed E-state index contributed by atoms with van der Waals surface area (Å²) in [5.74, 6) is -0.393. The van der Waals surface area contributed by atoms with Crippen LogP contribution in [-0.2, 0) is 19.1 Å². The largest absolute Gasteiger partial charge is 0.462 e. The first-order chi connectivity index (χ1) is 7.00. The van der Waals surface area contributed by atoms with Crippen molar-refractivity contribution in [3.8, 4) is 0 Å². The van der Waals surface area contributed by atoms with Crippen molar-refractivity contribution in [1.29, 1.82) is 0 Å². The van der Waals surface area contributed by atoms with Gasteiger partial charge >= 0.3 is 11.9 Å². The van der Waals surface area contributed by atoms with Crippen molar-refractivity contribution in [2.45, 2.75) is 52.2 Å². The molecule has 1 fully saturated rings. The minimum Gasteiger partial charge on any atom is -0.462 e. The van der Waals surface area contributed by atoms with E-state index < -0.39 is 0 Å². The van der Waals surface area contributed by atoms with Gasteiger partial charge in [0.1, 0.15) is 12.2 Å². The Morgan fingerprint density at radius 3 is 2.40 bits per heavy atom. The Labute approximate surface area is 89.9 Å². The molecule has 15 heavy (non-hydrogen) atoms. The molecule has 0 unspecified atom stereocenters. The summed E-state index contributed by atoms with van der Waals surface area (Å²) in [7, 11) is 0. The molecule has 0 aromatic rings. The molecule has 0 N–H and O–H groups in total. The van der Waals surface area contributed by atoms with E-state index in [1.54, 1.807) is 0 Å². The monoisotopic (exact) mass is 214 g/mol. The first-order valence-electron chi connectivity index (χ1n) is 5.35. The average Bonchev–Trinajstić information content (AvgIpc) is 2.49. The van der Waals surface area contributed by atoms with Crippen LogP contribution in [0.25, 0.3) is 0 Å². The molecule has 86 valence electrons. The van der Waals surface area contributed by atoms with Crippen molar-refractivity contribution in [1.82, 2.24) is 0 Å². The van der Waals surface area contributed by atoms with Crippen LogP contribution in [0.1, 0.15) is 40.0 Å². The topological polar surface area (TPSA) is 52.6 Å². The van der Waals surface area contributed by atoms with Crippen molar-refractivity contribution in [2.24, 2.45) is 5.92 Å². The van der Waals surface area contributed by atoms with E-state index in [4.69, 9.17) is 9.47 Å². The fourth-order valence-electron chi connectivity index (χ4n) is 2.20. The van der Waals surface area contributed by atoms with Crippen LogP contribution in [0, 0.1) is 5.92 Å². The van der Waals surface area contributed by atoms with Gasteiger partial charge in [-0.15, -0.1) is 0 Å². The molecule has 1 rings (SSSR count). The van der Waals surface area contributed by atoms with Gasteiger partial charge in [-0.3, -0.25) is 9.59 Å². The highest BCUT2D eigenvalue weighted by molar-refractivity contribution is 5.66. The maximum atomic E-state index is 10.9. The molecule has 0 saturated heterocycles. The molecule has 1 aliphatic rings. The number of esters is 2. The van der Waals surface area contributed by atoms with Gasteiger partial charge in [0.05, 0.1) is 0 Å². The van der Waals surface area contributed by atoms with Gasteiger partial charge < -0.3 is 9.47 Å². The molecule has 0 aromatic heterocycles. The van der Waals surface area contributed by atoms with Gasteiger partial charge in [0.25, 0.3) is 0 Å². The van der Waals surface area contributed by atoms with Gasteiger partial charge in [-0.05, 0) is 26.2 Å². The van der Waals surface area contributed by atoms with Crippen LogP contribution >= 0.6 is 0 Å². The van der Waals surface area contributed by atoms with Gasteiger partial charge in [0.15, 0.2) is 0 Å². The van der Waals surface area contributed by atoms with E-state index in [9.17, 15) is 9.59 Å². The van der Waals surface area contributed by atoms with Crippen LogP contribution in [0.5, 0.6) is 0 Å². The third-order valence-corrected chi connectivity index (χ3v) is 2.78. The molecule has 0 heterocycles. The Hall–Kier alpha value is -1.06. The zero-order chi connectivity index (χ0) is 11.4. The number of hydrogen-bond acceptors (Lipinski definition) is 4. The van der Waals surface area contributed by atoms with Crippen LogP contribution in [0.4, 0.5) is 0 Å². The lowest BCUT2D eigenvalue weighted by Gasteiger charge is -2.24. The number of rotatable bonds is 3. The molecule has 4 heteroatoms. The van der Waals surface area contributed by atoms with Gasteiger partial charge in [0, 0.05) is 19.8 Å². The maximum absolute atomic E-state index is 10.9. The zero-order valence-electron chi connectivity index (χ0n) is 9.49. The lowest BCUT2D eigenvalue weighted by Crippen LogP contribution is -2.31. The minimum atomic E-state index is -0.282. The summed E-state index contributed by atoms with van der Waals surface area (Å²) in [6.07, 6.45) is 2.59. The van der Waals surface area contributed by atoms with Crippen molar-refractivity contribution in [2.75, 3.05) is 0 Å². The summed E-state index contributed by atoms with van der Waals surface area (Å²) in [4.78, 5) is 21.7. The number of carbonyl (C=O) groups excluding carboxylic acids is 2. The van der Waals surface area contributed by atoms with E-state index >= 15 is 0 Å². The molecular weight excluding hydrogens is 196 g/mol. The van der Waals surface area contributed by atoms with Crippen LogP contribution in [0.3, 0.4) is 0 Å².